The number of aromatic carboxylic acids is 1. The van der Waals surface area contributed by atoms with Gasteiger partial charge in [-0.1, -0.05) is 0 Å². The predicted molar refractivity (Wildman–Crippen MR) is 85.4 cm³/mol. The summed E-state index contributed by atoms with van der Waals surface area (Å²) in [6.45, 7) is -1.23. The van der Waals surface area contributed by atoms with Gasteiger partial charge < -0.3 is 10.4 Å². The Morgan fingerprint density at radius 1 is 1.00 bits per heavy atom. The van der Waals surface area contributed by atoms with Gasteiger partial charge in [-0.15, -0.1) is 0 Å². The monoisotopic (exact) mass is 415 g/mol. The topological polar surface area (TPSA) is 102 Å². The molecule has 0 saturated carbocycles. The maximum atomic E-state index is 13.7. The Morgan fingerprint density at radius 3 is 2.24 bits per heavy atom. The molecule has 2 aromatic heterocycles. The van der Waals surface area contributed by atoms with Gasteiger partial charge in [-0.25, -0.2) is 31.4 Å². The van der Waals surface area contributed by atoms with E-state index in [1.807, 2.05) is 0 Å². The van der Waals surface area contributed by atoms with Crippen molar-refractivity contribution in [3.63, 3.8) is 0 Å². The lowest BCUT2D eigenvalue weighted by Crippen LogP contribution is -2.22. The molecule has 152 valence electrons. The minimum absolute atomic E-state index is 0.0444. The van der Waals surface area contributed by atoms with Crippen LogP contribution in [0.5, 0.6) is 0 Å². The molecule has 3 rings (SSSR count). The zero-order valence-corrected chi connectivity index (χ0v) is 14.2. The highest BCUT2D eigenvalue weighted by Gasteiger charge is 2.26. The van der Waals surface area contributed by atoms with Crippen LogP contribution in [0.4, 0.5) is 27.6 Å². The van der Waals surface area contributed by atoms with Gasteiger partial charge in [-0.05, 0) is 6.07 Å². The Labute approximate surface area is 158 Å². The Hall–Kier alpha value is -3.77. The van der Waals surface area contributed by atoms with Crippen molar-refractivity contribution < 1.29 is 36.6 Å². The van der Waals surface area contributed by atoms with Crippen molar-refractivity contribution >= 4 is 17.6 Å². The summed E-state index contributed by atoms with van der Waals surface area (Å²) >= 11 is 0. The molecule has 0 saturated heterocycles. The molecule has 1 aromatic carbocycles. The van der Waals surface area contributed by atoms with Crippen LogP contribution in [0.15, 0.2) is 24.7 Å². The molecule has 13 heteroatoms. The summed E-state index contributed by atoms with van der Waals surface area (Å²) in [5.74, 6) is -12.4. The molecule has 29 heavy (non-hydrogen) atoms. The molecular weight excluding hydrogens is 405 g/mol. The highest BCUT2D eigenvalue weighted by atomic mass is 19.2. The van der Waals surface area contributed by atoms with E-state index in [2.05, 4.69) is 15.5 Å². The molecule has 3 aromatic rings. The van der Waals surface area contributed by atoms with Crippen molar-refractivity contribution in [1.82, 2.24) is 19.6 Å². The number of nitrogens with zero attached hydrogens (tertiary/aromatic N) is 4. The highest BCUT2D eigenvalue weighted by Crippen LogP contribution is 2.24. The van der Waals surface area contributed by atoms with Gasteiger partial charge in [0.15, 0.2) is 23.3 Å². The summed E-state index contributed by atoms with van der Waals surface area (Å²) in [4.78, 5) is 23.0. The van der Waals surface area contributed by atoms with Crippen molar-refractivity contribution in [2.24, 2.45) is 0 Å². The third-order valence-electron chi connectivity index (χ3n) is 3.77. The quantitative estimate of drug-likeness (QED) is 0.365. The first kappa shape index (κ1) is 20.0. The highest BCUT2D eigenvalue weighted by molar-refractivity contribution is 5.91. The molecule has 0 radical (unpaired) electrons. The Bertz CT molecular complexity index is 1080. The van der Waals surface area contributed by atoms with E-state index in [1.54, 1.807) is 0 Å². The van der Waals surface area contributed by atoms with E-state index in [0.29, 0.717) is 0 Å². The molecule has 0 spiro atoms. The van der Waals surface area contributed by atoms with Gasteiger partial charge in [0.05, 0.1) is 24.0 Å². The zero-order valence-electron chi connectivity index (χ0n) is 14.2. The second kappa shape index (κ2) is 7.69. The first-order chi connectivity index (χ1) is 13.7. The zero-order chi connectivity index (χ0) is 21.3. The second-order valence-corrected chi connectivity index (χ2v) is 5.70. The van der Waals surface area contributed by atoms with Crippen molar-refractivity contribution in [3.05, 3.63) is 65.0 Å². The molecule has 1 amide bonds. The number of carbonyl (C=O) groups is 2. The Balaban J connectivity index is 1.73. The predicted octanol–water partition coefficient (Wildman–Crippen LogP) is 2.16. The van der Waals surface area contributed by atoms with Gasteiger partial charge >= 0.3 is 5.97 Å². The van der Waals surface area contributed by atoms with Crippen LogP contribution >= 0.6 is 0 Å². The smallest absolute Gasteiger partial charge is 0.354 e. The van der Waals surface area contributed by atoms with E-state index in [-0.39, 0.29) is 11.4 Å². The van der Waals surface area contributed by atoms with E-state index in [4.69, 9.17) is 5.11 Å². The number of aromatic nitrogens is 4. The molecule has 0 unspecified atom stereocenters. The lowest BCUT2D eigenvalue weighted by atomic mass is 10.1. The van der Waals surface area contributed by atoms with Gasteiger partial charge in [0, 0.05) is 12.4 Å². The van der Waals surface area contributed by atoms with Gasteiger partial charge in [-0.3, -0.25) is 9.48 Å². The largest absolute Gasteiger partial charge is 0.477 e. The van der Waals surface area contributed by atoms with Gasteiger partial charge in [0.1, 0.15) is 12.2 Å². The number of hydrogen-bond acceptors (Lipinski definition) is 4. The number of carbonyl (C=O) groups excluding carboxylic acids is 1. The lowest BCUT2D eigenvalue weighted by molar-refractivity contribution is -0.116. The normalized spacial score (nSPS) is 10.9. The third-order valence-corrected chi connectivity index (χ3v) is 3.77. The van der Waals surface area contributed by atoms with Gasteiger partial charge in [-0.2, -0.15) is 10.2 Å². The summed E-state index contributed by atoms with van der Waals surface area (Å²) in [5.41, 5.74) is -1.27. The fraction of sp³-hybridized carbons (Fsp3) is 0.125. The van der Waals surface area contributed by atoms with Crippen molar-refractivity contribution in [2.75, 3.05) is 5.32 Å². The van der Waals surface area contributed by atoms with E-state index < -0.39 is 59.6 Å². The molecule has 0 aliphatic carbocycles. The molecule has 2 heterocycles. The second-order valence-electron chi connectivity index (χ2n) is 5.70. The van der Waals surface area contributed by atoms with E-state index >= 15 is 0 Å². The molecule has 0 aliphatic rings. The molecular formula is C16H10F5N5O3. The number of carboxylic acid groups (broad SMARTS) is 1. The molecule has 0 atom stereocenters. The SMILES string of the molecule is O=C(Cn1nccc1C(=O)O)Nc1cnn(Cc2c(F)c(F)c(F)c(F)c2F)c1. The third kappa shape index (κ3) is 3.93. The van der Waals surface area contributed by atoms with Crippen LogP contribution in [-0.2, 0) is 17.9 Å². The van der Waals surface area contributed by atoms with Crippen molar-refractivity contribution in [1.29, 1.82) is 0 Å². The maximum absolute atomic E-state index is 13.7. The minimum atomic E-state index is -2.27. The number of anilines is 1. The number of amides is 1. The average Bonchev–Trinajstić information content (AvgIpc) is 3.31. The van der Waals surface area contributed by atoms with Crippen molar-refractivity contribution in [2.45, 2.75) is 13.1 Å². The molecule has 0 bridgehead atoms. The van der Waals surface area contributed by atoms with E-state index in [0.717, 1.165) is 21.8 Å². The van der Waals surface area contributed by atoms with Crippen LogP contribution in [0.1, 0.15) is 16.1 Å². The van der Waals surface area contributed by atoms with Crippen LogP contribution in [0, 0.1) is 29.1 Å². The number of halogens is 5. The summed E-state index contributed by atoms with van der Waals surface area (Å²) < 4.78 is 68.8. The van der Waals surface area contributed by atoms with Crippen LogP contribution in [0.25, 0.3) is 0 Å². The van der Waals surface area contributed by atoms with E-state index in [9.17, 15) is 31.5 Å². The molecule has 0 fully saturated rings. The summed E-state index contributed by atoms with van der Waals surface area (Å²) in [6, 6.07) is 1.19. The summed E-state index contributed by atoms with van der Waals surface area (Å²) in [6.07, 6.45) is 3.36. The fourth-order valence-electron chi connectivity index (χ4n) is 2.44. The first-order valence-corrected chi connectivity index (χ1v) is 7.76. The Kier molecular flexibility index (Phi) is 5.30. The first-order valence-electron chi connectivity index (χ1n) is 7.76. The molecule has 0 aliphatic heterocycles. The standard InChI is InChI=1S/C16H10F5N5O3/c17-11-8(12(18)14(20)15(21)13(11)19)5-25-4-7(3-23-25)24-10(27)6-26-9(16(28)29)1-2-22-26/h1-4H,5-6H2,(H,24,27)(H,28,29). The number of hydrogen-bond donors (Lipinski definition) is 2. The number of rotatable bonds is 6. The van der Waals surface area contributed by atoms with Gasteiger partial charge in [0.25, 0.3) is 0 Å². The number of nitrogens with one attached hydrogen (secondary N) is 1. The van der Waals surface area contributed by atoms with Crippen LogP contribution in [0.2, 0.25) is 0 Å². The van der Waals surface area contributed by atoms with Crippen LogP contribution in [-0.4, -0.2) is 36.5 Å². The number of carboxylic acids is 1. The number of benzene rings is 1. The molecule has 2 N–H and O–H groups in total. The fourth-order valence-corrected chi connectivity index (χ4v) is 2.44. The minimum Gasteiger partial charge on any atom is -0.477 e. The van der Waals surface area contributed by atoms with Crippen LogP contribution in [0.3, 0.4) is 0 Å². The average molecular weight is 415 g/mol. The summed E-state index contributed by atoms with van der Waals surface area (Å²) in [7, 11) is 0. The molecule has 8 nitrogen and oxygen atoms in total. The Morgan fingerprint density at radius 2 is 1.62 bits per heavy atom. The lowest BCUT2D eigenvalue weighted by Gasteiger charge is -2.08. The maximum Gasteiger partial charge on any atom is 0.354 e. The van der Waals surface area contributed by atoms with Gasteiger partial charge in [0.2, 0.25) is 11.7 Å². The van der Waals surface area contributed by atoms with Crippen molar-refractivity contribution in [3.8, 4) is 0 Å². The van der Waals surface area contributed by atoms with E-state index in [1.165, 1.54) is 12.3 Å². The van der Waals surface area contributed by atoms with Crippen LogP contribution < -0.4 is 5.32 Å². The summed E-state index contributed by atoms with van der Waals surface area (Å²) in [5, 5.41) is 18.7.